The molecule has 5 atom stereocenters. The quantitative estimate of drug-likeness (QED) is 0.122. The highest BCUT2D eigenvalue weighted by molar-refractivity contribution is 7.09. The minimum Gasteiger partial charge on any atom is -0.455 e. The molecular formula is C30H37ClN5O5PSi. The predicted octanol–water partition coefficient (Wildman–Crippen LogP) is 4.42. The number of nitrogens with two attached hydrogens (primary N) is 1. The van der Waals surface area contributed by atoms with Crippen LogP contribution in [0.1, 0.15) is 47.3 Å². The van der Waals surface area contributed by atoms with E-state index in [0.29, 0.717) is 17.6 Å². The van der Waals surface area contributed by atoms with Gasteiger partial charge in [-0.2, -0.15) is 9.97 Å². The highest BCUT2D eigenvalue weighted by atomic mass is 35.5. The van der Waals surface area contributed by atoms with Crippen molar-refractivity contribution in [1.29, 1.82) is 0 Å². The molecule has 0 amide bonds. The first kappa shape index (κ1) is 31.5. The van der Waals surface area contributed by atoms with Gasteiger partial charge in [0.25, 0.3) is 8.32 Å². The van der Waals surface area contributed by atoms with Crippen LogP contribution in [0.2, 0.25) is 10.2 Å². The molecule has 0 saturated carbocycles. The van der Waals surface area contributed by atoms with Crippen LogP contribution in [0.5, 0.6) is 0 Å². The molecule has 2 aromatic heterocycles. The molecule has 13 heteroatoms. The average molecular weight is 642 g/mol. The zero-order valence-electron chi connectivity index (χ0n) is 24.9. The lowest BCUT2D eigenvalue weighted by atomic mass is 9.93. The van der Waals surface area contributed by atoms with Gasteiger partial charge in [-0.3, -0.25) is 9.36 Å². The molecule has 5 rings (SSSR count). The van der Waals surface area contributed by atoms with Gasteiger partial charge in [-0.15, -0.1) is 0 Å². The Morgan fingerprint density at radius 1 is 1.12 bits per heavy atom. The minimum atomic E-state index is -2.95. The SMILES string of the molecule is CC[C@@]1(CO[Si](c2ccccc2)(c2ccccc2)C(C)(C)C)O[C@@H](n2cnc3c(Cl)nc(N)nc32)[C@H](OC(C)=O)[C@@H]1OP. The molecule has 0 bridgehead atoms. The van der Waals surface area contributed by atoms with E-state index in [9.17, 15) is 4.79 Å². The predicted molar refractivity (Wildman–Crippen MR) is 172 cm³/mol. The molecule has 4 aromatic rings. The number of carbonyl (C=O) groups excluding carboxylic acids is 1. The Morgan fingerprint density at radius 2 is 1.72 bits per heavy atom. The van der Waals surface area contributed by atoms with Crippen LogP contribution >= 0.6 is 21.1 Å². The van der Waals surface area contributed by atoms with Crippen molar-refractivity contribution in [1.82, 2.24) is 19.5 Å². The third kappa shape index (κ3) is 5.58. The molecule has 10 nitrogen and oxygen atoms in total. The first-order valence-electron chi connectivity index (χ1n) is 14.1. The fourth-order valence-corrected chi connectivity index (χ4v) is 11.4. The van der Waals surface area contributed by atoms with Crippen LogP contribution in [0.25, 0.3) is 11.2 Å². The van der Waals surface area contributed by atoms with Gasteiger partial charge in [0.1, 0.15) is 17.2 Å². The number of carbonyl (C=O) groups is 1. The number of halogens is 1. The topological polar surface area (TPSA) is 124 Å². The molecule has 1 saturated heterocycles. The van der Waals surface area contributed by atoms with Crippen molar-refractivity contribution < 1.29 is 23.2 Å². The van der Waals surface area contributed by atoms with E-state index in [4.69, 9.17) is 35.8 Å². The van der Waals surface area contributed by atoms with Crippen molar-refractivity contribution in [3.05, 3.63) is 72.1 Å². The Bertz CT molecular complexity index is 1550. The second kappa shape index (κ2) is 12.2. The Hall–Kier alpha value is -2.92. The third-order valence-corrected chi connectivity index (χ3v) is 13.7. The third-order valence-electron chi connectivity index (χ3n) is 8.12. The van der Waals surface area contributed by atoms with E-state index in [0.717, 1.165) is 10.4 Å². The van der Waals surface area contributed by atoms with Gasteiger partial charge >= 0.3 is 5.97 Å². The van der Waals surface area contributed by atoms with E-state index >= 15 is 0 Å². The van der Waals surface area contributed by atoms with Crippen molar-refractivity contribution in [3.63, 3.8) is 0 Å². The Kier molecular flexibility index (Phi) is 8.96. The van der Waals surface area contributed by atoms with Crippen LogP contribution in [0.4, 0.5) is 5.95 Å². The molecule has 1 fully saturated rings. The first-order valence-corrected chi connectivity index (χ1v) is 16.8. The maximum absolute atomic E-state index is 12.4. The van der Waals surface area contributed by atoms with E-state index in [1.54, 1.807) is 4.57 Å². The van der Waals surface area contributed by atoms with Crippen LogP contribution in [0.15, 0.2) is 67.0 Å². The fraction of sp³-hybridized carbons (Fsp3) is 0.400. The van der Waals surface area contributed by atoms with Crippen LogP contribution < -0.4 is 16.1 Å². The lowest BCUT2D eigenvalue weighted by molar-refractivity contribution is -0.155. The van der Waals surface area contributed by atoms with E-state index in [-0.39, 0.29) is 22.7 Å². The monoisotopic (exact) mass is 641 g/mol. The van der Waals surface area contributed by atoms with Crippen LogP contribution in [-0.2, 0) is 23.2 Å². The molecule has 0 spiro atoms. The molecule has 43 heavy (non-hydrogen) atoms. The normalized spacial score (nSPS) is 22.6. The number of benzene rings is 2. The zero-order valence-corrected chi connectivity index (χ0v) is 27.8. The number of nitrogens with zero attached hydrogens (tertiary/aromatic N) is 4. The van der Waals surface area contributed by atoms with Crippen LogP contribution in [0, 0.1) is 0 Å². The van der Waals surface area contributed by atoms with Gasteiger partial charge in [0.05, 0.1) is 12.9 Å². The summed E-state index contributed by atoms with van der Waals surface area (Å²) in [5.74, 6) is -0.501. The number of rotatable bonds is 9. The van der Waals surface area contributed by atoms with E-state index in [1.165, 1.54) is 13.3 Å². The molecule has 1 aliphatic rings. The number of aromatic nitrogens is 4. The summed E-state index contributed by atoms with van der Waals surface area (Å²) in [6.07, 6.45) is -0.442. The molecule has 2 N–H and O–H groups in total. The molecule has 0 radical (unpaired) electrons. The van der Waals surface area contributed by atoms with Crippen LogP contribution in [0.3, 0.4) is 0 Å². The highest BCUT2D eigenvalue weighted by Gasteiger charge is 2.60. The number of ether oxygens (including phenoxy) is 2. The van der Waals surface area contributed by atoms with Crippen molar-refractivity contribution in [3.8, 4) is 0 Å². The summed E-state index contributed by atoms with van der Waals surface area (Å²) in [7, 11) is -0.630. The highest BCUT2D eigenvalue weighted by Crippen LogP contribution is 2.46. The van der Waals surface area contributed by atoms with Gasteiger partial charge < -0.3 is 24.2 Å². The van der Waals surface area contributed by atoms with E-state index in [1.807, 2.05) is 43.3 Å². The number of esters is 1. The summed E-state index contributed by atoms with van der Waals surface area (Å²) < 4.78 is 27.8. The minimum absolute atomic E-state index is 0.0168. The van der Waals surface area contributed by atoms with Crippen molar-refractivity contribution in [2.24, 2.45) is 0 Å². The summed E-state index contributed by atoms with van der Waals surface area (Å²) in [6, 6.07) is 20.7. The zero-order chi connectivity index (χ0) is 31.0. The van der Waals surface area contributed by atoms with Crippen molar-refractivity contribution >= 4 is 62.8 Å². The number of hydrogen-bond acceptors (Lipinski definition) is 9. The van der Waals surface area contributed by atoms with Gasteiger partial charge in [-0.1, -0.05) is 100.0 Å². The van der Waals surface area contributed by atoms with E-state index in [2.05, 4.69) is 69.5 Å². The molecule has 1 aliphatic heterocycles. The summed E-state index contributed by atoms with van der Waals surface area (Å²) in [5, 5.41) is 2.12. The number of imidazole rings is 1. The van der Waals surface area contributed by atoms with E-state index < -0.39 is 38.3 Å². The molecule has 228 valence electrons. The number of fused-ring (bicyclic) bond motifs is 1. The summed E-state index contributed by atoms with van der Waals surface area (Å²) >= 11 is 6.32. The smallest absolute Gasteiger partial charge is 0.303 e. The molecule has 2 aromatic carbocycles. The lowest BCUT2D eigenvalue weighted by Crippen LogP contribution is -2.68. The number of anilines is 1. The first-order chi connectivity index (χ1) is 20.5. The largest absolute Gasteiger partial charge is 0.455 e. The van der Waals surface area contributed by atoms with Crippen LogP contribution in [-0.4, -0.2) is 58.2 Å². The molecular weight excluding hydrogens is 605 g/mol. The maximum atomic E-state index is 12.4. The lowest BCUT2D eigenvalue weighted by Gasteiger charge is -2.45. The second-order valence-electron chi connectivity index (χ2n) is 11.7. The van der Waals surface area contributed by atoms with Crippen molar-refractivity contribution in [2.45, 2.75) is 70.1 Å². The van der Waals surface area contributed by atoms with Gasteiger partial charge in [0.2, 0.25) is 5.95 Å². The van der Waals surface area contributed by atoms with Gasteiger partial charge in [0, 0.05) is 16.4 Å². The maximum Gasteiger partial charge on any atom is 0.303 e. The number of hydrogen-bond donors (Lipinski definition) is 1. The van der Waals surface area contributed by atoms with Gasteiger partial charge in [-0.05, 0) is 21.8 Å². The second-order valence-corrected chi connectivity index (χ2v) is 16.6. The average Bonchev–Trinajstić information content (AvgIpc) is 3.52. The molecule has 3 heterocycles. The molecule has 1 unspecified atom stereocenters. The fourth-order valence-electron chi connectivity index (χ4n) is 6.13. The Morgan fingerprint density at radius 3 is 2.23 bits per heavy atom. The van der Waals surface area contributed by atoms with Gasteiger partial charge in [-0.25, -0.2) is 4.98 Å². The summed E-state index contributed by atoms with van der Waals surface area (Å²) in [5.41, 5.74) is 5.60. The Labute approximate surface area is 259 Å². The van der Waals surface area contributed by atoms with Gasteiger partial charge in [0.15, 0.2) is 23.1 Å². The summed E-state index contributed by atoms with van der Waals surface area (Å²) in [4.78, 5) is 25.2. The summed E-state index contributed by atoms with van der Waals surface area (Å²) in [6.45, 7) is 10.2. The Balaban J connectivity index is 1.63. The van der Waals surface area contributed by atoms with Crippen molar-refractivity contribution in [2.75, 3.05) is 12.3 Å². The molecule has 0 aliphatic carbocycles. The number of nitrogen functional groups attached to an aromatic ring is 1. The standard InChI is InChI=1S/C30H37ClN5O5PSi/c1-6-30(17-38-43(29(3,4)5,20-13-9-7-10-14-20)21-15-11-8-12-16-21)24(41-42)23(39-19(2)37)27(40-30)36-18-33-22-25(31)34-28(32)35-26(22)36/h7-16,18,23-24,27H,6,17,42H2,1-5H3,(H2,32,34,35)/t23-,24+,27-,30+/m1/s1.